The van der Waals surface area contributed by atoms with Gasteiger partial charge < -0.3 is 19.9 Å². The molecule has 0 fully saturated rings. The largest absolute Gasteiger partial charge is 0.493 e. The summed E-state index contributed by atoms with van der Waals surface area (Å²) in [4.78, 5) is 0. The van der Waals surface area contributed by atoms with Gasteiger partial charge in [0.1, 0.15) is 12.7 Å². The number of hydrogen-bond acceptors (Lipinski definition) is 4. The van der Waals surface area contributed by atoms with Crippen LogP contribution in [-0.4, -0.2) is 37.0 Å². The molecule has 0 saturated heterocycles. The van der Waals surface area contributed by atoms with Crippen molar-refractivity contribution in [1.29, 1.82) is 0 Å². The fraction of sp³-hybridized carbons (Fsp3) is 0.619. The number of hydrogen-bond donors (Lipinski definition) is 2. The highest BCUT2D eigenvalue weighted by Crippen LogP contribution is 2.29. The van der Waals surface area contributed by atoms with Gasteiger partial charge in [-0.05, 0) is 49.8 Å². The minimum absolute atomic E-state index is 0. The molecule has 1 aromatic rings. The van der Waals surface area contributed by atoms with E-state index in [-0.39, 0.29) is 30.0 Å². The Bertz CT molecular complexity index is 553. The van der Waals surface area contributed by atoms with E-state index in [1.165, 1.54) is 0 Å². The zero-order chi connectivity index (χ0) is 19.1. The number of benzene rings is 1. The SMILES string of the molecule is C=CCc1ccc(OCC(O)CNC(C)(C)CC(C)(C)C)c(OC)c1.Cl. The van der Waals surface area contributed by atoms with Crippen LogP contribution in [0.25, 0.3) is 0 Å². The van der Waals surface area contributed by atoms with Gasteiger partial charge >= 0.3 is 0 Å². The number of ether oxygens (including phenoxy) is 2. The maximum Gasteiger partial charge on any atom is 0.161 e. The van der Waals surface area contributed by atoms with Crippen LogP contribution in [0.2, 0.25) is 0 Å². The van der Waals surface area contributed by atoms with Crippen LogP contribution in [0, 0.1) is 5.41 Å². The van der Waals surface area contributed by atoms with Crippen LogP contribution in [0.1, 0.15) is 46.6 Å². The Morgan fingerprint density at radius 1 is 1.19 bits per heavy atom. The summed E-state index contributed by atoms with van der Waals surface area (Å²) in [5.41, 5.74) is 1.31. The van der Waals surface area contributed by atoms with E-state index in [2.05, 4.69) is 46.5 Å². The molecule has 5 heteroatoms. The van der Waals surface area contributed by atoms with E-state index in [4.69, 9.17) is 9.47 Å². The van der Waals surface area contributed by atoms with E-state index in [1.807, 2.05) is 24.3 Å². The molecule has 0 heterocycles. The maximum absolute atomic E-state index is 10.2. The molecule has 0 amide bonds. The molecule has 0 bridgehead atoms. The van der Waals surface area contributed by atoms with E-state index in [0.29, 0.717) is 18.0 Å². The average molecular weight is 386 g/mol. The standard InChI is InChI=1S/C21H35NO3.ClH/c1-8-9-16-10-11-18(19(12-16)24-7)25-14-17(23)13-22-21(5,6)15-20(2,3)4;/h8,10-12,17,22-23H,1,9,13-15H2,2-7H3;1H. The van der Waals surface area contributed by atoms with Crippen molar-refractivity contribution in [3.8, 4) is 11.5 Å². The summed E-state index contributed by atoms with van der Waals surface area (Å²) >= 11 is 0. The Kier molecular flexibility index (Phi) is 10.3. The summed E-state index contributed by atoms with van der Waals surface area (Å²) in [5.74, 6) is 1.32. The Balaban J connectivity index is 0.00000625. The minimum Gasteiger partial charge on any atom is -0.493 e. The zero-order valence-electron chi connectivity index (χ0n) is 17.1. The second-order valence-corrected chi connectivity index (χ2v) is 8.45. The Morgan fingerprint density at radius 2 is 1.85 bits per heavy atom. The molecule has 1 unspecified atom stereocenters. The molecular formula is C21H36ClNO3. The average Bonchev–Trinajstić information content (AvgIpc) is 2.49. The molecule has 26 heavy (non-hydrogen) atoms. The Hall–Kier alpha value is -1.23. The highest BCUT2D eigenvalue weighted by molar-refractivity contribution is 5.85. The van der Waals surface area contributed by atoms with Gasteiger partial charge in [0.2, 0.25) is 0 Å². The fourth-order valence-electron chi connectivity index (χ4n) is 3.15. The molecule has 0 aliphatic rings. The van der Waals surface area contributed by atoms with Crippen molar-refractivity contribution < 1.29 is 14.6 Å². The first-order valence-corrected chi connectivity index (χ1v) is 8.90. The minimum atomic E-state index is -0.586. The van der Waals surface area contributed by atoms with E-state index in [1.54, 1.807) is 7.11 Å². The van der Waals surface area contributed by atoms with Crippen molar-refractivity contribution in [3.05, 3.63) is 36.4 Å². The number of methoxy groups -OCH3 is 1. The molecule has 0 aliphatic carbocycles. The molecule has 0 saturated carbocycles. The van der Waals surface area contributed by atoms with Crippen molar-refractivity contribution in [2.24, 2.45) is 5.41 Å². The molecule has 2 N–H and O–H groups in total. The summed E-state index contributed by atoms with van der Waals surface area (Å²) in [5, 5.41) is 13.7. The smallest absolute Gasteiger partial charge is 0.161 e. The Labute approximate surface area is 165 Å². The number of aliphatic hydroxyl groups excluding tert-OH is 1. The first-order valence-electron chi connectivity index (χ1n) is 8.90. The van der Waals surface area contributed by atoms with Crippen LogP contribution in [0.15, 0.2) is 30.9 Å². The van der Waals surface area contributed by atoms with Gasteiger partial charge in [-0.3, -0.25) is 0 Å². The van der Waals surface area contributed by atoms with Gasteiger partial charge in [0.25, 0.3) is 0 Å². The predicted molar refractivity (Wildman–Crippen MR) is 112 cm³/mol. The third kappa shape index (κ3) is 9.46. The molecule has 150 valence electrons. The molecule has 1 atom stereocenters. The van der Waals surface area contributed by atoms with Crippen molar-refractivity contribution in [3.63, 3.8) is 0 Å². The van der Waals surface area contributed by atoms with Crippen molar-refractivity contribution >= 4 is 12.4 Å². The predicted octanol–water partition coefficient (Wildman–Crippen LogP) is 4.39. The number of nitrogens with one attached hydrogen (secondary N) is 1. The highest BCUT2D eigenvalue weighted by Gasteiger charge is 2.25. The number of allylic oxidation sites excluding steroid dienone is 1. The first kappa shape index (κ1) is 24.8. The third-order valence-corrected chi connectivity index (χ3v) is 3.83. The molecule has 0 aliphatic heterocycles. The molecule has 1 aromatic carbocycles. The number of β-amino-alcohol motifs (C(OH)–C–C–N with tert-alkyl or cyclic N) is 1. The lowest BCUT2D eigenvalue weighted by Gasteiger charge is -2.34. The number of aliphatic hydroxyl groups is 1. The van der Waals surface area contributed by atoms with Crippen LogP contribution in [0.4, 0.5) is 0 Å². The number of rotatable bonds is 10. The lowest BCUT2D eigenvalue weighted by atomic mass is 9.82. The summed E-state index contributed by atoms with van der Waals surface area (Å²) in [6.07, 6.45) is 3.07. The second-order valence-electron chi connectivity index (χ2n) is 8.45. The van der Waals surface area contributed by atoms with Crippen molar-refractivity contribution in [2.45, 2.75) is 59.1 Å². The van der Waals surface area contributed by atoms with E-state index in [0.717, 1.165) is 18.4 Å². The maximum atomic E-state index is 10.2. The summed E-state index contributed by atoms with van der Waals surface area (Å²) in [6, 6.07) is 5.80. The Morgan fingerprint density at radius 3 is 2.38 bits per heavy atom. The quantitative estimate of drug-likeness (QED) is 0.586. The molecule has 4 nitrogen and oxygen atoms in total. The normalized spacial score (nSPS) is 12.9. The second kappa shape index (κ2) is 10.8. The number of halogens is 1. The molecule has 0 aromatic heterocycles. The van der Waals surface area contributed by atoms with Crippen LogP contribution in [0.3, 0.4) is 0 Å². The van der Waals surface area contributed by atoms with E-state index < -0.39 is 6.10 Å². The lowest BCUT2D eigenvalue weighted by molar-refractivity contribution is 0.0930. The van der Waals surface area contributed by atoms with Gasteiger partial charge in [-0.2, -0.15) is 0 Å². The first-order chi connectivity index (χ1) is 11.6. The van der Waals surface area contributed by atoms with E-state index >= 15 is 0 Å². The van der Waals surface area contributed by atoms with Gasteiger partial charge in [0.15, 0.2) is 11.5 Å². The summed E-state index contributed by atoms with van der Waals surface area (Å²) in [6.45, 7) is 15.4. The van der Waals surface area contributed by atoms with Crippen molar-refractivity contribution in [1.82, 2.24) is 5.32 Å². The van der Waals surface area contributed by atoms with Gasteiger partial charge in [-0.25, -0.2) is 0 Å². The summed E-state index contributed by atoms with van der Waals surface area (Å²) < 4.78 is 11.1. The van der Waals surface area contributed by atoms with Crippen LogP contribution >= 0.6 is 12.4 Å². The molecule has 0 radical (unpaired) electrons. The van der Waals surface area contributed by atoms with Crippen molar-refractivity contribution in [2.75, 3.05) is 20.3 Å². The summed E-state index contributed by atoms with van der Waals surface area (Å²) in [7, 11) is 1.62. The third-order valence-electron chi connectivity index (χ3n) is 3.83. The van der Waals surface area contributed by atoms with Gasteiger partial charge in [0, 0.05) is 12.1 Å². The molecule has 1 rings (SSSR count). The monoisotopic (exact) mass is 385 g/mol. The van der Waals surface area contributed by atoms with Gasteiger partial charge in [-0.1, -0.05) is 32.9 Å². The van der Waals surface area contributed by atoms with Gasteiger partial charge in [0.05, 0.1) is 7.11 Å². The van der Waals surface area contributed by atoms with Crippen LogP contribution in [-0.2, 0) is 6.42 Å². The van der Waals surface area contributed by atoms with Gasteiger partial charge in [-0.15, -0.1) is 19.0 Å². The van der Waals surface area contributed by atoms with E-state index in [9.17, 15) is 5.11 Å². The van der Waals surface area contributed by atoms with Crippen LogP contribution < -0.4 is 14.8 Å². The topological polar surface area (TPSA) is 50.7 Å². The molecular weight excluding hydrogens is 350 g/mol. The fourth-order valence-corrected chi connectivity index (χ4v) is 3.15. The van der Waals surface area contributed by atoms with Crippen LogP contribution in [0.5, 0.6) is 11.5 Å². The highest BCUT2D eigenvalue weighted by atomic mass is 35.5. The molecule has 0 spiro atoms. The lowest BCUT2D eigenvalue weighted by Crippen LogP contribution is -2.46. The zero-order valence-corrected chi connectivity index (χ0v) is 17.9.